The number of alkyl halides is 1. The minimum absolute atomic E-state index is 0.116. The number of carbonyl (C=O) groups excluding carboxylic acids is 1. The normalized spacial score (nSPS) is 15.6. The van der Waals surface area contributed by atoms with Gasteiger partial charge in [0.2, 0.25) is 0 Å². The molecule has 1 aromatic carbocycles. The Morgan fingerprint density at radius 1 is 1.35 bits per heavy atom. The minimum Gasteiger partial charge on any atom is -0.456 e. The molecule has 1 aliphatic heterocycles. The molecule has 23 heavy (non-hydrogen) atoms. The van der Waals surface area contributed by atoms with Gasteiger partial charge in [0.1, 0.15) is 5.60 Å². The van der Waals surface area contributed by atoms with Crippen molar-refractivity contribution in [3.05, 3.63) is 36.0 Å². The monoisotopic (exact) mass is 316 g/mol. The van der Waals surface area contributed by atoms with E-state index in [9.17, 15) is 9.18 Å². The first kappa shape index (κ1) is 15.7. The third-order valence-electron chi connectivity index (χ3n) is 3.88. The maximum absolute atomic E-state index is 12.6. The highest BCUT2D eigenvalue weighted by Crippen LogP contribution is 2.29. The number of nitrogens with zero attached hydrogens (tertiary/aromatic N) is 2. The number of ether oxygens (including phenoxy) is 1. The Morgan fingerprint density at radius 2 is 2.09 bits per heavy atom. The molecule has 1 saturated heterocycles. The van der Waals surface area contributed by atoms with E-state index in [0.29, 0.717) is 18.7 Å². The summed E-state index contributed by atoms with van der Waals surface area (Å²) in [7, 11) is 0. The second-order valence-electron chi connectivity index (χ2n) is 6.99. The lowest BCUT2D eigenvalue weighted by atomic mass is 9.99. The van der Waals surface area contributed by atoms with E-state index in [1.54, 1.807) is 12.3 Å². The molecule has 0 bridgehead atoms. The lowest BCUT2D eigenvalue weighted by molar-refractivity contribution is 0.00718. The van der Waals surface area contributed by atoms with Crippen molar-refractivity contribution >= 4 is 22.6 Å². The number of fused-ring (bicyclic) bond motifs is 1. The molecule has 5 heteroatoms. The quantitative estimate of drug-likeness (QED) is 0.812. The molecule has 122 valence electrons. The van der Waals surface area contributed by atoms with Gasteiger partial charge in [-0.15, -0.1) is 0 Å². The van der Waals surface area contributed by atoms with Crippen molar-refractivity contribution in [3.63, 3.8) is 0 Å². The third-order valence-corrected chi connectivity index (χ3v) is 3.88. The molecule has 0 saturated carbocycles. The average molecular weight is 316 g/mol. The van der Waals surface area contributed by atoms with Crippen LogP contribution in [-0.4, -0.2) is 36.3 Å². The summed E-state index contributed by atoms with van der Waals surface area (Å²) in [6.07, 6.45) is 1.62. The van der Waals surface area contributed by atoms with Gasteiger partial charge < -0.3 is 9.64 Å². The molecule has 1 aliphatic rings. The van der Waals surface area contributed by atoms with Gasteiger partial charge in [-0.3, -0.25) is 9.37 Å². The summed E-state index contributed by atoms with van der Waals surface area (Å²) in [5.74, 6) is -0.239. The molecule has 4 nitrogen and oxygen atoms in total. The molecule has 0 spiro atoms. The van der Waals surface area contributed by atoms with Crippen molar-refractivity contribution in [2.75, 3.05) is 24.7 Å². The second-order valence-corrected chi connectivity index (χ2v) is 6.99. The maximum atomic E-state index is 12.6. The van der Waals surface area contributed by atoms with Crippen LogP contribution in [0.1, 0.15) is 31.1 Å². The fraction of sp³-hybridized carbons (Fsp3) is 0.444. The van der Waals surface area contributed by atoms with Crippen LogP contribution >= 0.6 is 0 Å². The Hall–Kier alpha value is -2.17. The summed E-state index contributed by atoms with van der Waals surface area (Å²) in [6.45, 7) is 6.67. The first-order chi connectivity index (χ1) is 10.9. The molecule has 3 rings (SSSR count). The molecular weight excluding hydrogens is 295 g/mol. The van der Waals surface area contributed by atoms with Crippen LogP contribution in [0.2, 0.25) is 0 Å². The van der Waals surface area contributed by atoms with E-state index in [1.807, 2.05) is 39.0 Å². The fourth-order valence-electron chi connectivity index (χ4n) is 2.72. The van der Waals surface area contributed by atoms with Gasteiger partial charge in [0.25, 0.3) is 0 Å². The van der Waals surface area contributed by atoms with E-state index >= 15 is 0 Å². The lowest BCUT2D eigenvalue weighted by Crippen LogP contribution is -2.47. The summed E-state index contributed by atoms with van der Waals surface area (Å²) < 4.78 is 18.1. The highest BCUT2D eigenvalue weighted by Gasteiger charge is 2.27. The Kier molecular flexibility index (Phi) is 3.96. The topological polar surface area (TPSA) is 42.4 Å². The van der Waals surface area contributed by atoms with E-state index in [4.69, 9.17) is 4.74 Å². The molecule has 0 aliphatic carbocycles. The number of carbonyl (C=O) groups is 1. The predicted molar refractivity (Wildman–Crippen MR) is 88.6 cm³/mol. The summed E-state index contributed by atoms with van der Waals surface area (Å²) in [6, 6.07) is 7.47. The van der Waals surface area contributed by atoms with Crippen molar-refractivity contribution in [3.8, 4) is 0 Å². The van der Waals surface area contributed by atoms with Crippen LogP contribution < -0.4 is 4.90 Å². The Morgan fingerprint density at radius 3 is 2.74 bits per heavy atom. The molecule has 2 aromatic rings. The number of hydrogen-bond acceptors (Lipinski definition) is 4. The summed E-state index contributed by atoms with van der Waals surface area (Å²) in [5.41, 5.74) is 1.70. The van der Waals surface area contributed by atoms with Crippen LogP contribution in [0.25, 0.3) is 10.9 Å². The first-order valence-corrected chi connectivity index (χ1v) is 7.80. The minimum atomic E-state index is -0.546. The Balaban J connectivity index is 1.94. The zero-order valence-corrected chi connectivity index (χ0v) is 13.7. The first-order valence-electron chi connectivity index (χ1n) is 7.80. The smallest absolute Gasteiger partial charge is 0.339 e. The number of pyridine rings is 1. The van der Waals surface area contributed by atoms with Gasteiger partial charge in [0.05, 0.1) is 17.8 Å². The molecule has 1 fully saturated rings. The number of halogens is 1. The summed E-state index contributed by atoms with van der Waals surface area (Å²) in [5, 5.41) is 0.767. The highest BCUT2D eigenvalue weighted by molar-refractivity contribution is 6.04. The molecular formula is C18H21FN2O2. The van der Waals surface area contributed by atoms with Crippen LogP contribution in [0.5, 0.6) is 0 Å². The molecule has 1 aromatic heterocycles. The van der Waals surface area contributed by atoms with Crippen molar-refractivity contribution in [1.82, 2.24) is 4.98 Å². The van der Waals surface area contributed by atoms with Gasteiger partial charge >= 0.3 is 5.97 Å². The van der Waals surface area contributed by atoms with Gasteiger partial charge in [0.15, 0.2) is 0 Å². The fourth-order valence-corrected chi connectivity index (χ4v) is 2.72. The van der Waals surface area contributed by atoms with Gasteiger partial charge in [-0.05, 0) is 45.0 Å². The standard InChI is InChI=1S/C18H21FN2O2/c1-18(2,3)23-17(22)14-6-7-20-16-5-4-13(8-15(14)16)21-10-12(9-19)11-21/h4-8,12H,9-11H2,1-3H3. The predicted octanol–water partition coefficient (Wildman–Crippen LogP) is 3.60. The van der Waals surface area contributed by atoms with Crippen LogP contribution in [-0.2, 0) is 4.74 Å². The SMILES string of the molecule is CC(C)(C)OC(=O)c1ccnc2ccc(N3CC(CF)C3)cc12. The van der Waals surface area contributed by atoms with Crippen LogP contribution in [0.15, 0.2) is 30.5 Å². The molecule has 2 heterocycles. The zero-order valence-electron chi connectivity index (χ0n) is 13.7. The highest BCUT2D eigenvalue weighted by atomic mass is 19.1. The number of benzene rings is 1. The van der Waals surface area contributed by atoms with Gasteiger partial charge in [0, 0.05) is 36.3 Å². The number of anilines is 1. The van der Waals surface area contributed by atoms with Crippen molar-refractivity contribution in [2.45, 2.75) is 26.4 Å². The largest absolute Gasteiger partial charge is 0.456 e. The lowest BCUT2D eigenvalue weighted by Gasteiger charge is -2.39. The van der Waals surface area contributed by atoms with Gasteiger partial charge in [-0.2, -0.15) is 0 Å². The maximum Gasteiger partial charge on any atom is 0.339 e. The van der Waals surface area contributed by atoms with E-state index < -0.39 is 5.60 Å². The van der Waals surface area contributed by atoms with Gasteiger partial charge in [-0.25, -0.2) is 4.79 Å². The molecule has 0 amide bonds. The van der Waals surface area contributed by atoms with Crippen molar-refractivity contribution < 1.29 is 13.9 Å². The average Bonchev–Trinajstić information content (AvgIpc) is 2.43. The molecule has 0 N–H and O–H groups in total. The summed E-state index contributed by atoms with van der Waals surface area (Å²) >= 11 is 0. The van der Waals surface area contributed by atoms with Crippen LogP contribution in [0.4, 0.5) is 10.1 Å². The van der Waals surface area contributed by atoms with E-state index in [2.05, 4.69) is 9.88 Å². The number of esters is 1. The Labute approximate surface area is 135 Å². The van der Waals surface area contributed by atoms with Crippen molar-refractivity contribution in [1.29, 1.82) is 0 Å². The zero-order chi connectivity index (χ0) is 16.6. The molecule has 0 radical (unpaired) electrons. The third kappa shape index (κ3) is 3.28. The summed E-state index contributed by atoms with van der Waals surface area (Å²) in [4.78, 5) is 18.8. The van der Waals surface area contributed by atoms with Crippen molar-refractivity contribution in [2.24, 2.45) is 5.92 Å². The number of hydrogen-bond donors (Lipinski definition) is 0. The molecule has 0 atom stereocenters. The Bertz CT molecular complexity index is 733. The number of aromatic nitrogens is 1. The van der Waals surface area contributed by atoms with E-state index in [1.165, 1.54) is 0 Å². The van der Waals surface area contributed by atoms with E-state index in [0.717, 1.165) is 16.6 Å². The van der Waals surface area contributed by atoms with Crippen LogP contribution in [0, 0.1) is 5.92 Å². The van der Waals surface area contributed by atoms with Crippen LogP contribution in [0.3, 0.4) is 0 Å². The number of rotatable bonds is 3. The molecule has 0 unspecified atom stereocenters. The van der Waals surface area contributed by atoms with E-state index in [-0.39, 0.29) is 18.6 Å². The van der Waals surface area contributed by atoms with Gasteiger partial charge in [-0.1, -0.05) is 0 Å². The second kappa shape index (κ2) is 5.80.